The zero-order chi connectivity index (χ0) is 12.0. The third-order valence-electron chi connectivity index (χ3n) is 2.28. The highest BCUT2D eigenvalue weighted by atomic mass is 16.5. The molecule has 5 heteroatoms. The Kier molecular flexibility index (Phi) is 4.44. The van der Waals surface area contributed by atoms with Crippen LogP contribution < -0.4 is 4.74 Å². The molecule has 0 aliphatic heterocycles. The van der Waals surface area contributed by atoms with Crippen molar-refractivity contribution in [1.82, 2.24) is 0 Å². The fourth-order valence-corrected chi connectivity index (χ4v) is 1.32. The van der Waals surface area contributed by atoms with E-state index >= 15 is 0 Å². The van der Waals surface area contributed by atoms with E-state index in [1.54, 1.807) is 19.2 Å². The molecule has 5 nitrogen and oxygen atoms in total. The van der Waals surface area contributed by atoms with E-state index in [1.807, 2.05) is 12.1 Å². The van der Waals surface area contributed by atoms with Crippen molar-refractivity contribution >= 4 is 5.97 Å². The number of hydrogen-bond acceptors (Lipinski definition) is 4. The Hall–Kier alpha value is -1.91. The molecule has 1 rings (SSSR count). The second-order valence-electron chi connectivity index (χ2n) is 3.35. The van der Waals surface area contributed by atoms with E-state index in [1.165, 1.54) is 0 Å². The molecular formula is C11H13NO4. The molecular weight excluding hydrogens is 210 g/mol. The lowest BCUT2D eigenvalue weighted by molar-refractivity contribution is -0.138. The van der Waals surface area contributed by atoms with Gasteiger partial charge in [-0.3, -0.25) is 0 Å². The fourth-order valence-electron chi connectivity index (χ4n) is 1.32. The van der Waals surface area contributed by atoms with Crippen molar-refractivity contribution in [1.29, 1.82) is 0 Å². The summed E-state index contributed by atoms with van der Waals surface area (Å²) < 4.78 is 4.99. The number of ether oxygens (including phenoxy) is 1. The number of aliphatic carboxylic acids is 1. The van der Waals surface area contributed by atoms with Gasteiger partial charge < -0.3 is 9.84 Å². The van der Waals surface area contributed by atoms with E-state index in [0.717, 1.165) is 11.3 Å². The van der Waals surface area contributed by atoms with E-state index < -0.39 is 12.0 Å². The molecule has 0 spiro atoms. The Labute approximate surface area is 93.0 Å². The first-order chi connectivity index (χ1) is 7.67. The van der Waals surface area contributed by atoms with E-state index in [4.69, 9.17) is 9.84 Å². The average Bonchev–Trinajstić information content (AvgIpc) is 2.30. The number of rotatable bonds is 6. The van der Waals surface area contributed by atoms with Crippen molar-refractivity contribution in [2.75, 3.05) is 7.11 Å². The van der Waals surface area contributed by atoms with Gasteiger partial charge in [-0.1, -0.05) is 17.3 Å². The Morgan fingerprint density at radius 3 is 2.50 bits per heavy atom. The fraction of sp³-hybridized carbons (Fsp3) is 0.364. The highest BCUT2D eigenvalue weighted by Crippen LogP contribution is 2.13. The first-order valence-corrected chi connectivity index (χ1v) is 4.85. The molecule has 0 saturated heterocycles. The van der Waals surface area contributed by atoms with Gasteiger partial charge in [0.25, 0.3) is 0 Å². The maximum absolute atomic E-state index is 10.5. The molecule has 0 heterocycles. The second-order valence-corrected chi connectivity index (χ2v) is 3.35. The Balaban J connectivity index is 2.53. The van der Waals surface area contributed by atoms with Crippen LogP contribution in [0.5, 0.6) is 5.75 Å². The molecule has 86 valence electrons. The minimum absolute atomic E-state index is 0.213. The summed E-state index contributed by atoms with van der Waals surface area (Å²) in [5.74, 6) is -0.435. The number of nitroso groups, excluding NO2 is 1. The second kappa shape index (κ2) is 5.85. The summed E-state index contributed by atoms with van der Waals surface area (Å²) in [6, 6.07) is 6.09. The lowest BCUT2D eigenvalue weighted by Gasteiger charge is -2.05. The maximum Gasteiger partial charge on any atom is 0.332 e. The van der Waals surface area contributed by atoms with Crippen LogP contribution in [0.1, 0.15) is 12.0 Å². The number of methoxy groups -OCH3 is 1. The van der Waals surface area contributed by atoms with Gasteiger partial charge in [0.15, 0.2) is 6.04 Å². The predicted molar refractivity (Wildman–Crippen MR) is 58.5 cm³/mol. The number of carbonyl (C=O) groups is 1. The number of carboxylic acid groups (broad SMARTS) is 1. The van der Waals surface area contributed by atoms with Gasteiger partial charge in [0.2, 0.25) is 0 Å². The van der Waals surface area contributed by atoms with Gasteiger partial charge >= 0.3 is 5.97 Å². The van der Waals surface area contributed by atoms with Crippen LogP contribution in [-0.2, 0) is 11.2 Å². The SMILES string of the molecule is COc1ccc(CCC(N=O)C(=O)O)cc1. The normalized spacial score (nSPS) is 11.8. The van der Waals surface area contributed by atoms with Gasteiger partial charge in [-0.15, -0.1) is 4.91 Å². The van der Waals surface area contributed by atoms with Crippen LogP contribution in [0.2, 0.25) is 0 Å². The summed E-state index contributed by atoms with van der Waals surface area (Å²) in [7, 11) is 1.58. The van der Waals surface area contributed by atoms with Crippen LogP contribution in [0.15, 0.2) is 29.4 Å². The van der Waals surface area contributed by atoms with Crippen LogP contribution >= 0.6 is 0 Å². The molecule has 0 saturated carbocycles. The predicted octanol–water partition coefficient (Wildman–Crippen LogP) is 1.85. The molecule has 1 aromatic rings. The van der Waals surface area contributed by atoms with Crippen molar-refractivity contribution in [3.05, 3.63) is 34.7 Å². The largest absolute Gasteiger partial charge is 0.497 e. The number of hydrogen-bond donors (Lipinski definition) is 1. The Bertz CT molecular complexity index is 361. The van der Waals surface area contributed by atoms with Crippen molar-refractivity contribution < 1.29 is 14.6 Å². The van der Waals surface area contributed by atoms with Crippen molar-refractivity contribution in [2.45, 2.75) is 18.9 Å². The third-order valence-corrected chi connectivity index (χ3v) is 2.28. The van der Waals surface area contributed by atoms with Gasteiger partial charge in [0.1, 0.15) is 5.75 Å². The molecule has 1 aromatic carbocycles. The molecule has 0 fully saturated rings. The summed E-state index contributed by atoms with van der Waals surface area (Å²) in [5, 5.41) is 11.2. The number of aryl methyl sites for hydroxylation is 1. The minimum Gasteiger partial charge on any atom is -0.497 e. The standard InChI is InChI=1S/C11H13NO4/c1-16-9-5-2-8(3-6-9)4-7-10(12-15)11(13)14/h2-3,5-6,10H,4,7H2,1H3,(H,13,14). The molecule has 0 aliphatic rings. The van der Waals surface area contributed by atoms with E-state index in [9.17, 15) is 9.70 Å². The lowest BCUT2D eigenvalue weighted by Crippen LogP contribution is -2.17. The number of benzene rings is 1. The molecule has 0 aromatic heterocycles. The zero-order valence-electron chi connectivity index (χ0n) is 8.92. The lowest BCUT2D eigenvalue weighted by atomic mass is 10.1. The van der Waals surface area contributed by atoms with Crippen LogP contribution in [0.4, 0.5) is 0 Å². The minimum atomic E-state index is -1.18. The molecule has 16 heavy (non-hydrogen) atoms. The van der Waals surface area contributed by atoms with Crippen LogP contribution in [0.3, 0.4) is 0 Å². The molecule has 0 amide bonds. The Morgan fingerprint density at radius 1 is 1.44 bits per heavy atom. The smallest absolute Gasteiger partial charge is 0.332 e. The summed E-state index contributed by atoms with van der Waals surface area (Å²) in [6.07, 6.45) is 0.720. The zero-order valence-corrected chi connectivity index (χ0v) is 8.92. The number of nitrogens with zero attached hydrogens (tertiary/aromatic N) is 1. The molecule has 0 radical (unpaired) electrons. The van der Waals surface area contributed by atoms with E-state index in [2.05, 4.69) is 5.18 Å². The quantitative estimate of drug-likeness (QED) is 0.746. The first-order valence-electron chi connectivity index (χ1n) is 4.85. The first kappa shape index (κ1) is 12.2. The molecule has 1 unspecified atom stereocenters. The topological polar surface area (TPSA) is 76.0 Å². The summed E-state index contributed by atoms with van der Waals surface area (Å²) in [5.41, 5.74) is 0.954. The van der Waals surface area contributed by atoms with Crippen LogP contribution in [0, 0.1) is 4.91 Å². The number of carboxylic acids is 1. The van der Waals surface area contributed by atoms with E-state index in [-0.39, 0.29) is 6.42 Å². The van der Waals surface area contributed by atoms with Crippen LogP contribution in [0.25, 0.3) is 0 Å². The monoisotopic (exact) mass is 223 g/mol. The summed E-state index contributed by atoms with van der Waals surface area (Å²) in [4.78, 5) is 20.8. The Morgan fingerprint density at radius 2 is 2.06 bits per heavy atom. The average molecular weight is 223 g/mol. The molecule has 1 atom stereocenters. The maximum atomic E-state index is 10.5. The van der Waals surface area contributed by atoms with Gasteiger partial charge in [-0.2, -0.15) is 0 Å². The third kappa shape index (κ3) is 3.34. The van der Waals surface area contributed by atoms with Crippen molar-refractivity contribution in [3.63, 3.8) is 0 Å². The highest BCUT2D eigenvalue weighted by Gasteiger charge is 2.17. The van der Waals surface area contributed by atoms with Gasteiger partial charge in [-0.05, 0) is 30.5 Å². The van der Waals surface area contributed by atoms with Crippen LogP contribution in [-0.4, -0.2) is 24.2 Å². The molecule has 1 N–H and O–H groups in total. The van der Waals surface area contributed by atoms with E-state index in [0.29, 0.717) is 6.42 Å². The summed E-state index contributed by atoms with van der Waals surface area (Å²) in [6.45, 7) is 0. The van der Waals surface area contributed by atoms with Gasteiger partial charge in [-0.25, -0.2) is 4.79 Å². The van der Waals surface area contributed by atoms with Crippen molar-refractivity contribution in [2.24, 2.45) is 5.18 Å². The van der Waals surface area contributed by atoms with Gasteiger partial charge in [0, 0.05) is 0 Å². The molecule has 0 aliphatic carbocycles. The van der Waals surface area contributed by atoms with Crippen molar-refractivity contribution in [3.8, 4) is 5.75 Å². The highest BCUT2D eigenvalue weighted by molar-refractivity contribution is 5.73. The summed E-state index contributed by atoms with van der Waals surface area (Å²) >= 11 is 0. The van der Waals surface area contributed by atoms with Gasteiger partial charge in [0.05, 0.1) is 7.11 Å². The molecule has 0 bridgehead atoms.